The highest BCUT2D eigenvalue weighted by Gasteiger charge is 2.01. The lowest BCUT2D eigenvalue weighted by Gasteiger charge is -2.07. The summed E-state index contributed by atoms with van der Waals surface area (Å²) in [5.41, 5.74) is 3.77. The van der Waals surface area contributed by atoms with Gasteiger partial charge in [0.2, 0.25) is 0 Å². The number of hydrogen-bond donors (Lipinski definition) is 0. The predicted octanol–water partition coefficient (Wildman–Crippen LogP) is 5.56. The van der Waals surface area contributed by atoms with Crippen molar-refractivity contribution >= 4 is 12.0 Å². The number of carbonyl (C=O) groups excluding carboxylic acids is 1. The van der Waals surface area contributed by atoms with Crippen LogP contribution in [-0.4, -0.2) is 12.6 Å². The molecule has 0 aliphatic carbocycles. The van der Waals surface area contributed by atoms with E-state index >= 15 is 0 Å². The molecule has 1 aromatic carbocycles. The number of carbonyl (C=O) groups is 1. The monoisotopic (exact) mass is 302 g/mol. The Labute approximate surface area is 135 Å². The Kier molecular flexibility index (Phi) is 9.29. The molecular formula is C20H30O2. The SMILES string of the molecule is CCCCCCc1ccc(/C=C(\CCC)COC(C)=O)cc1. The van der Waals surface area contributed by atoms with Crippen LogP contribution in [-0.2, 0) is 16.0 Å². The average molecular weight is 302 g/mol. The summed E-state index contributed by atoms with van der Waals surface area (Å²) >= 11 is 0. The summed E-state index contributed by atoms with van der Waals surface area (Å²) in [6, 6.07) is 8.76. The Balaban J connectivity index is 2.58. The first-order valence-corrected chi connectivity index (χ1v) is 8.57. The molecule has 0 bridgehead atoms. The maximum Gasteiger partial charge on any atom is 0.302 e. The van der Waals surface area contributed by atoms with Gasteiger partial charge >= 0.3 is 5.97 Å². The summed E-state index contributed by atoms with van der Waals surface area (Å²) in [4.78, 5) is 10.9. The van der Waals surface area contributed by atoms with Gasteiger partial charge in [-0.3, -0.25) is 4.79 Å². The largest absolute Gasteiger partial charge is 0.461 e. The van der Waals surface area contributed by atoms with Crippen molar-refractivity contribution in [3.63, 3.8) is 0 Å². The van der Waals surface area contributed by atoms with Crippen molar-refractivity contribution in [2.75, 3.05) is 6.61 Å². The Morgan fingerprint density at radius 3 is 2.36 bits per heavy atom. The highest BCUT2D eigenvalue weighted by molar-refractivity contribution is 5.66. The van der Waals surface area contributed by atoms with E-state index in [9.17, 15) is 4.79 Å². The lowest BCUT2D eigenvalue weighted by Crippen LogP contribution is -2.03. The van der Waals surface area contributed by atoms with Crippen LogP contribution in [0.15, 0.2) is 29.8 Å². The van der Waals surface area contributed by atoms with Crippen LogP contribution >= 0.6 is 0 Å². The molecule has 0 atom stereocenters. The standard InChI is InChI=1S/C20H30O2/c1-4-6-7-8-10-18-11-13-19(14-12-18)15-20(9-5-2)16-22-17(3)21/h11-15H,4-10,16H2,1-3H3/b20-15+. The van der Waals surface area contributed by atoms with Gasteiger partial charge in [0.25, 0.3) is 0 Å². The Morgan fingerprint density at radius 1 is 1.05 bits per heavy atom. The van der Waals surface area contributed by atoms with Gasteiger partial charge in [-0.15, -0.1) is 0 Å². The molecule has 0 aliphatic rings. The first kappa shape index (κ1) is 18.5. The number of ether oxygens (including phenoxy) is 1. The minimum Gasteiger partial charge on any atom is -0.461 e. The van der Waals surface area contributed by atoms with Gasteiger partial charge in [0.15, 0.2) is 0 Å². The van der Waals surface area contributed by atoms with Crippen molar-refractivity contribution in [3.8, 4) is 0 Å². The second-order valence-electron chi connectivity index (χ2n) is 5.89. The molecule has 0 aromatic heterocycles. The first-order valence-electron chi connectivity index (χ1n) is 8.57. The molecule has 0 N–H and O–H groups in total. The fourth-order valence-corrected chi connectivity index (χ4v) is 2.47. The van der Waals surface area contributed by atoms with Gasteiger partial charge in [-0.05, 0) is 36.0 Å². The molecule has 2 nitrogen and oxygen atoms in total. The molecule has 1 aromatic rings. The van der Waals surface area contributed by atoms with Crippen molar-refractivity contribution < 1.29 is 9.53 Å². The Hall–Kier alpha value is -1.57. The van der Waals surface area contributed by atoms with Gasteiger partial charge < -0.3 is 4.74 Å². The van der Waals surface area contributed by atoms with Crippen LogP contribution in [0.1, 0.15) is 70.4 Å². The van der Waals surface area contributed by atoms with E-state index in [0.29, 0.717) is 6.61 Å². The lowest BCUT2D eigenvalue weighted by atomic mass is 10.0. The predicted molar refractivity (Wildman–Crippen MR) is 93.8 cm³/mol. The molecule has 122 valence electrons. The number of unbranched alkanes of at least 4 members (excludes halogenated alkanes) is 3. The smallest absolute Gasteiger partial charge is 0.302 e. The van der Waals surface area contributed by atoms with Gasteiger partial charge in [-0.1, -0.05) is 69.9 Å². The molecule has 0 unspecified atom stereocenters. The van der Waals surface area contributed by atoms with Crippen molar-refractivity contribution in [1.82, 2.24) is 0 Å². The molecule has 0 aliphatic heterocycles. The molecule has 0 saturated heterocycles. The fourth-order valence-electron chi connectivity index (χ4n) is 2.47. The van der Waals surface area contributed by atoms with Crippen molar-refractivity contribution in [1.29, 1.82) is 0 Å². The zero-order valence-electron chi connectivity index (χ0n) is 14.4. The summed E-state index contributed by atoms with van der Waals surface area (Å²) in [5, 5.41) is 0. The summed E-state index contributed by atoms with van der Waals surface area (Å²) < 4.78 is 5.12. The molecule has 22 heavy (non-hydrogen) atoms. The number of benzene rings is 1. The van der Waals surface area contributed by atoms with E-state index in [1.54, 1.807) is 0 Å². The van der Waals surface area contributed by atoms with E-state index < -0.39 is 0 Å². The number of rotatable bonds is 10. The molecular weight excluding hydrogens is 272 g/mol. The highest BCUT2D eigenvalue weighted by atomic mass is 16.5. The van der Waals surface area contributed by atoms with Gasteiger partial charge in [0, 0.05) is 6.92 Å². The van der Waals surface area contributed by atoms with Crippen LogP contribution in [0.2, 0.25) is 0 Å². The van der Waals surface area contributed by atoms with Crippen LogP contribution in [0.4, 0.5) is 0 Å². The zero-order valence-corrected chi connectivity index (χ0v) is 14.4. The summed E-state index contributed by atoms with van der Waals surface area (Å²) in [6.07, 6.45) is 10.5. The van der Waals surface area contributed by atoms with Crippen LogP contribution in [0.3, 0.4) is 0 Å². The molecule has 2 heteroatoms. The second-order valence-corrected chi connectivity index (χ2v) is 5.89. The Bertz CT molecular complexity index is 457. The van der Waals surface area contributed by atoms with E-state index in [1.807, 2.05) is 0 Å². The lowest BCUT2D eigenvalue weighted by molar-refractivity contribution is -0.140. The molecule has 1 rings (SSSR count). The number of esters is 1. The van der Waals surface area contributed by atoms with Crippen molar-refractivity contribution in [3.05, 3.63) is 41.0 Å². The topological polar surface area (TPSA) is 26.3 Å². The zero-order chi connectivity index (χ0) is 16.2. The molecule has 0 spiro atoms. The average Bonchev–Trinajstić information content (AvgIpc) is 2.51. The summed E-state index contributed by atoms with van der Waals surface area (Å²) in [5.74, 6) is -0.218. The van der Waals surface area contributed by atoms with E-state index in [2.05, 4.69) is 44.2 Å². The normalized spacial score (nSPS) is 11.5. The molecule has 0 amide bonds. The first-order chi connectivity index (χ1) is 10.7. The van der Waals surface area contributed by atoms with E-state index in [0.717, 1.165) is 12.8 Å². The third-order valence-corrected chi connectivity index (χ3v) is 3.70. The van der Waals surface area contributed by atoms with Crippen molar-refractivity contribution in [2.24, 2.45) is 0 Å². The summed E-state index contributed by atoms with van der Waals surface area (Å²) in [6.45, 7) is 6.24. The van der Waals surface area contributed by atoms with Crippen LogP contribution in [0, 0.1) is 0 Å². The second kappa shape index (κ2) is 11.1. The minimum absolute atomic E-state index is 0.218. The van der Waals surface area contributed by atoms with Gasteiger partial charge in [0.05, 0.1) is 0 Å². The van der Waals surface area contributed by atoms with Crippen LogP contribution in [0.5, 0.6) is 0 Å². The van der Waals surface area contributed by atoms with E-state index in [1.165, 1.54) is 55.7 Å². The highest BCUT2D eigenvalue weighted by Crippen LogP contribution is 2.15. The fraction of sp³-hybridized carbons (Fsp3) is 0.550. The van der Waals surface area contributed by atoms with Crippen LogP contribution in [0.25, 0.3) is 6.08 Å². The van der Waals surface area contributed by atoms with Gasteiger partial charge in [0.1, 0.15) is 6.61 Å². The third-order valence-electron chi connectivity index (χ3n) is 3.70. The minimum atomic E-state index is -0.218. The third kappa shape index (κ3) is 8.02. The van der Waals surface area contributed by atoms with E-state index in [4.69, 9.17) is 4.74 Å². The molecule has 0 heterocycles. The van der Waals surface area contributed by atoms with Crippen molar-refractivity contribution in [2.45, 2.75) is 65.7 Å². The maximum absolute atomic E-state index is 10.9. The van der Waals surface area contributed by atoms with Gasteiger partial charge in [-0.2, -0.15) is 0 Å². The number of aryl methyl sites for hydroxylation is 1. The number of hydrogen-bond acceptors (Lipinski definition) is 2. The van der Waals surface area contributed by atoms with Crippen LogP contribution < -0.4 is 0 Å². The molecule has 0 radical (unpaired) electrons. The Morgan fingerprint density at radius 2 is 1.77 bits per heavy atom. The van der Waals surface area contributed by atoms with E-state index in [-0.39, 0.29) is 5.97 Å². The molecule has 0 saturated carbocycles. The van der Waals surface area contributed by atoms with Gasteiger partial charge in [-0.25, -0.2) is 0 Å². The maximum atomic E-state index is 10.9. The quantitative estimate of drug-likeness (QED) is 0.418. The molecule has 0 fully saturated rings. The summed E-state index contributed by atoms with van der Waals surface area (Å²) in [7, 11) is 0.